The molecule has 0 unspecified atom stereocenters. The summed E-state index contributed by atoms with van der Waals surface area (Å²) in [5, 5.41) is 8.98. The number of hydrogen-bond acceptors (Lipinski definition) is 5. The first-order valence-corrected chi connectivity index (χ1v) is 9.33. The van der Waals surface area contributed by atoms with Crippen LogP contribution in [0.1, 0.15) is 6.42 Å². The van der Waals surface area contributed by atoms with Crippen molar-refractivity contribution in [2.24, 2.45) is 0 Å². The second-order valence-corrected chi connectivity index (χ2v) is 6.86. The second kappa shape index (κ2) is 7.93. The van der Waals surface area contributed by atoms with Gasteiger partial charge in [0.2, 0.25) is 0 Å². The molecule has 1 fully saturated rings. The van der Waals surface area contributed by atoms with E-state index in [1.54, 1.807) is 0 Å². The van der Waals surface area contributed by atoms with Crippen LogP contribution in [0.15, 0.2) is 48.7 Å². The Hall–Kier alpha value is -2.31. The fourth-order valence-electron chi connectivity index (χ4n) is 3.27. The third-order valence-corrected chi connectivity index (χ3v) is 4.91. The van der Waals surface area contributed by atoms with Crippen LogP contribution >= 0.6 is 11.6 Å². The van der Waals surface area contributed by atoms with Crippen LogP contribution in [0.25, 0.3) is 5.65 Å². The number of piperazine rings is 1. The molecule has 1 aromatic carbocycles. The highest BCUT2D eigenvalue weighted by molar-refractivity contribution is 6.30. The number of nitrogens with zero attached hydrogens (tertiary/aromatic N) is 5. The maximum Gasteiger partial charge on any atom is 0.321 e. The van der Waals surface area contributed by atoms with Gasteiger partial charge in [0.1, 0.15) is 0 Å². The summed E-state index contributed by atoms with van der Waals surface area (Å²) in [4.78, 5) is 4.87. The highest BCUT2D eigenvalue weighted by Crippen LogP contribution is 2.20. The Labute approximate surface area is 157 Å². The quantitative estimate of drug-likeness (QED) is 0.623. The normalized spacial score (nSPS) is 15.5. The molecule has 26 heavy (non-hydrogen) atoms. The summed E-state index contributed by atoms with van der Waals surface area (Å²) >= 11 is 6.09. The van der Waals surface area contributed by atoms with Crippen LogP contribution in [0.4, 0.5) is 5.69 Å². The lowest BCUT2D eigenvalue weighted by Crippen LogP contribution is -2.46. The van der Waals surface area contributed by atoms with Crippen molar-refractivity contribution < 1.29 is 4.74 Å². The number of fused-ring (bicyclic) bond motifs is 1. The molecular weight excluding hydrogens is 350 g/mol. The van der Waals surface area contributed by atoms with Gasteiger partial charge < -0.3 is 9.64 Å². The summed E-state index contributed by atoms with van der Waals surface area (Å²) in [5.74, 6) is 0. The average molecular weight is 372 g/mol. The predicted molar refractivity (Wildman–Crippen MR) is 103 cm³/mol. The number of anilines is 1. The van der Waals surface area contributed by atoms with Crippen molar-refractivity contribution in [3.8, 4) is 6.01 Å². The van der Waals surface area contributed by atoms with Gasteiger partial charge in [0.25, 0.3) is 0 Å². The molecule has 0 aliphatic carbocycles. The summed E-state index contributed by atoms with van der Waals surface area (Å²) in [6.07, 6.45) is 2.89. The number of ether oxygens (including phenoxy) is 1. The standard InChI is InChI=1S/C19H22ClN5O/c20-16-5-3-6-17(15-16)24-12-10-23(11-13-24)8-4-14-26-19-22-21-18-7-1-2-9-25(18)19/h1-3,5-7,9,15H,4,8,10-14H2. The summed E-state index contributed by atoms with van der Waals surface area (Å²) in [6.45, 7) is 5.83. The highest BCUT2D eigenvalue weighted by Gasteiger charge is 2.17. The number of benzene rings is 1. The lowest BCUT2D eigenvalue weighted by atomic mass is 10.2. The van der Waals surface area contributed by atoms with Gasteiger partial charge in [-0.2, -0.15) is 0 Å². The van der Waals surface area contributed by atoms with Crippen LogP contribution in [0.3, 0.4) is 0 Å². The summed E-state index contributed by atoms with van der Waals surface area (Å²) in [6, 6.07) is 14.5. The summed E-state index contributed by atoms with van der Waals surface area (Å²) < 4.78 is 7.66. The number of rotatable bonds is 6. The van der Waals surface area contributed by atoms with Gasteiger partial charge >= 0.3 is 6.01 Å². The van der Waals surface area contributed by atoms with E-state index in [4.69, 9.17) is 16.3 Å². The number of pyridine rings is 1. The fourth-order valence-corrected chi connectivity index (χ4v) is 3.46. The molecule has 4 rings (SSSR count). The van der Waals surface area contributed by atoms with Crippen molar-refractivity contribution >= 4 is 22.9 Å². The third-order valence-electron chi connectivity index (χ3n) is 4.68. The Balaban J connectivity index is 1.20. The molecule has 0 bridgehead atoms. The van der Waals surface area contributed by atoms with Crippen LogP contribution in [-0.2, 0) is 0 Å². The molecule has 0 radical (unpaired) electrons. The van der Waals surface area contributed by atoms with E-state index >= 15 is 0 Å². The van der Waals surface area contributed by atoms with Gasteiger partial charge in [0.15, 0.2) is 5.65 Å². The van der Waals surface area contributed by atoms with Crippen LogP contribution in [0.5, 0.6) is 6.01 Å². The minimum Gasteiger partial charge on any atom is -0.463 e. The molecule has 0 atom stereocenters. The zero-order chi connectivity index (χ0) is 17.8. The number of halogens is 1. The van der Waals surface area contributed by atoms with Crippen LogP contribution < -0.4 is 9.64 Å². The van der Waals surface area contributed by atoms with Gasteiger partial charge in [-0.1, -0.05) is 28.8 Å². The van der Waals surface area contributed by atoms with Crippen LogP contribution in [-0.4, -0.2) is 58.8 Å². The second-order valence-electron chi connectivity index (χ2n) is 6.42. The predicted octanol–water partition coefficient (Wildman–Crippen LogP) is 2.97. The smallest absolute Gasteiger partial charge is 0.321 e. The summed E-state index contributed by atoms with van der Waals surface area (Å²) in [7, 11) is 0. The van der Waals surface area contributed by atoms with E-state index in [0.29, 0.717) is 12.6 Å². The molecular formula is C19H22ClN5O. The largest absolute Gasteiger partial charge is 0.463 e. The molecule has 7 heteroatoms. The lowest BCUT2D eigenvalue weighted by molar-refractivity contribution is 0.217. The first kappa shape index (κ1) is 17.1. The zero-order valence-corrected chi connectivity index (χ0v) is 15.3. The maximum atomic E-state index is 6.09. The molecule has 3 aromatic rings. The van der Waals surface area contributed by atoms with E-state index in [0.717, 1.165) is 49.8 Å². The molecule has 0 N–H and O–H groups in total. The van der Waals surface area contributed by atoms with Crippen LogP contribution in [0, 0.1) is 0 Å². The minimum atomic E-state index is 0.561. The van der Waals surface area contributed by atoms with E-state index in [1.165, 1.54) is 5.69 Å². The monoisotopic (exact) mass is 371 g/mol. The average Bonchev–Trinajstić information content (AvgIpc) is 3.09. The van der Waals surface area contributed by atoms with Crippen molar-refractivity contribution in [1.29, 1.82) is 0 Å². The molecule has 0 amide bonds. The van der Waals surface area contributed by atoms with Crippen molar-refractivity contribution in [3.05, 3.63) is 53.7 Å². The zero-order valence-electron chi connectivity index (χ0n) is 14.6. The molecule has 0 saturated carbocycles. The van der Waals surface area contributed by atoms with E-state index in [9.17, 15) is 0 Å². The van der Waals surface area contributed by atoms with Gasteiger partial charge in [-0.15, -0.1) is 5.10 Å². The minimum absolute atomic E-state index is 0.561. The molecule has 0 spiro atoms. The number of hydrogen-bond donors (Lipinski definition) is 0. The van der Waals surface area contributed by atoms with Gasteiger partial charge in [-0.3, -0.25) is 9.30 Å². The van der Waals surface area contributed by atoms with Gasteiger partial charge in [0.05, 0.1) is 6.61 Å². The van der Waals surface area contributed by atoms with Crippen molar-refractivity contribution in [3.63, 3.8) is 0 Å². The molecule has 3 heterocycles. The Morgan fingerprint density at radius 1 is 1.00 bits per heavy atom. The Kier molecular flexibility index (Phi) is 5.22. The SMILES string of the molecule is Clc1cccc(N2CCN(CCCOc3nnc4ccccn34)CC2)c1. The Morgan fingerprint density at radius 2 is 1.88 bits per heavy atom. The maximum absolute atomic E-state index is 6.09. The lowest BCUT2D eigenvalue weighted by Gasteiger charge is -2.36. The van der Waals surface area contributed by atoms with Gasteiger partial charge in [0, 0.05) is 49.6 Å². The van der Waals surface area contributed by atoms with Gasteiger partial charge in [-0.25, -0.2) is 0 Å². The molecule has 136 valence electrons. The molecule has 1 saturated heterocycles. The van der Waals surface area contributed by atoms with E-state index in [1.807, 2.05) is 47.0 Å². The molecule has 2 aromatic heterocycles. The van der Waals surface area contributed by atoms with E-state index in [2.05, 4.69) is 26.1 Å². The van der Waals surface area contributed by atoms with Crippen molar-refractivity contribution in [2.45, 2.75) is 6.42 Å². The van der Waals surface area contributed by atoms with E-state index in [-0.39, 0.29) is 0 Å². The molecule has 1 aliphatic heterocycles. The van der Waals surface area contributed by atoms with Crippen molar-refractivity contribution in [1.82, 2.24) is 19.5 Å². The molecule has 1 aliphatic rings. The van der Waals surface area contributed by atoms with Crippen LogP contribution in [0.2, 0.25) is 5.02 Å². The van der Waals surface area contributed by atoms with E-state index < -0.39 is 0 Å². The first-order valence-electron chi connectivity index (χ1n) is 8.95. The topological polar surface area (TPSA) is 45.9 Å². The number of aromatic nitrogens is 3. The first-order chi connectivity index (χ1) is 12.8. The summed E-state index contributed by atoms with van der Waals surface area (Å²) in [5.41, 5.74) is 2.01. The van der Waals surface area contributed by atoms with Crippen molar-refractivity contribution in [2.75, 3.05) is 44.2 Å². The molecule has 6 nitrogen and oxygen atoms in total. The Morgan fingerprint density at radius 3 is 2.73 bits per heavy atom. The fraction of sp³-hybridized carbons (Fsp3) is 0.368. The highest BCUT2D eigenvalue weighted by atomic mass is 35.5. The Bertz CT molecular complexity index is 860. The van der Waals surface area contributed by atoms with Gasteiger partial charge in [-0.05, 0) is 36.8 Å². The third kappa shape index (κ3) is 3.92.